The van der Waals surface area contributed by atoms with Crippen molar-refractivity contribution in [3.63, 3.8) is 0 Å². The molecule has 2 rings (SSSR count). The number of rotatable bonds is 4. The predicted octanol–water partition coefficient (Wildman–Crippen LogP) is 4.08. The molecule has 0 aliphatic rings. The van der Waals surface area contributed by atoms with Gasteiger partial charge in [0, 0.05) is 5.69 Å². The van der Waals surface area contributed by atoms with Crippen molar-refractivity contribution in [2.24, 2.45) is 5.41 Å². The first-order chi connectivity index (χ1) is 9.76. The Balaban J connectivity index is 2.18. The van der Waals surface area contributed by atoms with Crippen molar-refractivity contribution in [2.45, 2.75) is 32.1 Å². The molecule has 0 spiro atoms. The van der Waals surface area contributed by atoms with E-state index in [9.17, 15) is 8.42 Å². The van der Waals surface area contributed by atoms with Crippen LogP contribution < -0.4 is 4.72 Å². The van der Waals surface area contributed by atoms with Crippen LogP contribution in [0.4, 0.5) is 5.69 Å². The Morgan fingerprint density at radius 2 is 1.48 bits per heavy atom. The van der Waals surface area contributed by atoms with Crippen LogP contribution in [0.3, 0.4) is 0 Å². The van der Waals surface area contributed by atoms with Gasteiger partial charge in [0.25, 0.3) is 10.0 Å². The van der Waals surface area contributed by atoms with Crippen molar-refractivity contribution in [1.29, 1.82) is 0 Å². The number of hydrogen-bond acceptors (Lipinski definition) is 2. The third kappa shape index (κ3) is 4.60. The largest absolute Gasteiger partial charge is 0.280 e. The molecule has 0 aliphatic heterocycles. The zero-order chi connectivity index (χ0) is 15.5. The Labute approximate surface area is 127 Å². The summed E-state index contributed by atoms with van der Waals surface area (Å²) in [6.45, 7) is 6.48. The highest BCUT2D eigenvalue weighted by molar-refractivity contribution is 7.92. The van der Waals surface area contributed by atoms with E-state index in [-0.39, 0.29) is 10.3 Å². The molecule has 4 heteroatoms. The van der Waals surface area contributed by atoms with E-state index in [4.69, 9.17) is 0 Å². The minimum atomic E-state index is -3.52. The van der Waals surface area contributed by atoms with Crippen LogP contribution in [0.2, 0.25) is 0 Å². The maximum atomic E-state index is 12.3. The lowest BCUT2D eigenvalue weighted by molar-refractivity contribution is 0.411. The highest BCUT2D eigenvalue weighted by atomic mass is 32.2. The monoisotopic (exact) mass is 303 g/mol. The fraction of sp³-hybridized carbons (Fsp3) is 0.294. The fourth-order valence-corrected chi connectivity index (χ4v) is 3.18. The van der Waals surface area contributed by atoms with E-state index in [1.807, 2.05) is 18.2 Å². The van der Waals surface area contributed by atoms with Gasteiger partial charge in [0.2, 0.25) is 0 Å². The number of benzene rings is 2. The molecule has 0 atom stereocenters. The van der Waals surface area contributed by atoms with Crippen LogP contribution >= 0.6 is 0 Å². The number of hydrogen-bond donors (Lipinski definition) is 1. The van der Waals surface area contributed by atoms with Gasteiger partial charge in [0.1, 0.15) is 0 Å². The van der Waals surface area contributed by atoms with Crippen LogP contribution in [-0.4, -0.2) is 8.42 Å². The smallest absolute Gasteiger partial charge is 0.261 e. The average Bonchev–Trinajstić information content (AvgIpc) is 2.38. The Hall–Kier alpha value is -1.81. The molecule has 3 nitrogen and oxygen atoms in total. The van der Waals surface area contributed by atoms with Crippen LogP contribution in [0, 0.1) is 5.41 Å². The van der Waals surface area contributed by atoms with Crippen molar-refractivity contribution in [2.75, 3.05) is 4.72 Å². The maximum Gasteiger partial charge on any atom is 0.261 e. The highest BCUT2D eigenvalue weighted by Gasteiger charge is 2.15. The Bertz CT molecular complexity index is 684. The summed E-state index contributed by atoms with van der Waals surface area (Å²) in [6, 6.07) is 16.0. The molecule has 0 radical (unpaired) electrons. The number of anilines is 1. The summed E-state index contributed by atoms with van der Waals surface area (Å²) in [5.41, 5.74) is 1.89. The summed E-state index contributed by atoms with van der Waals surface area (Å²) in [7, 11) is -3.52. The van der Waals surface area contributed by atoms with Gasteiger partial charge >= 0.3 is 0 Å². The summed E-state index contributed by atoms with van der Waals surface area (Å²) in [5.74, 6) is 0. The summed E-state index contributed by atoms with van der Waals surface area (Å²) >= 11 is 0. The summed E-state index contributed by atoms with van der Waals surface area (Å²) < 4.78 is 27.1. The highest BCUT2D eigenvalue weighted by Crippen LogP contribution is 2.22. The van der Waals surface area contributed by atoms with Crippen molar-refractivity contribution >= 4 is 15.7 Å². The minimum Gasteiger partial charge on any atom is -0.280 e. The molecule has 2 aromatic rings. The van der Waals surface area contributed by atoms with Gasteiger partial charge in [-0.25, -0.2) is 8.42 Å². The van der Waals surface area contributed by atoms with Crippen LogP contribution in [0.1, 0.15) is 26.3 Å². The van der Waals surface area contributed by atoms with E-state index in [1.54, 1.807) is 36.4 Å². The maximum absolute atomic E-state index is 12.3. The van der Waals surface area contributed by atoms with E-state index in [1.165, 1.54) is 0 Å². The minimum absolute atomic E-state index is 0.183. The zero-order valence-electron chi connectivity index (χ0n) is 12.6. The first-order valence-corrected chi connectivity index (χ1v) is 8.41. The lowest BCUT2D eigenvalue weighted by atomic mass is 9.88. The van der Waals surface area contributed by atoms with Crippen LogP contribution in [0.5, 0.6) is 0 Å². The number of sulfonamides is 1. The molecule has 112 valence electrons. The van der Waals surface area contributed by atoms with Crippen molar-refractivity contribution in [3.05, 3.63) is 60.2 Å². The molecule has 0 amide bonds. The Morgan fingerprint density at radius 3 is 2.00 bits per heavy atom. The van der Waals surface area contributed by atoms with Gasteiger partial charge in [-0.1, -0.05) is 51.1 Å². The average molecular weight is 303 g/mol. The second-order valence-corrected chi connectivity index (χ2v) is 8.04. The molecule has 1 N–H and O–H groups in total. The van der Waals surface area contributed by atoms with E-state index < -0.39 is 10.0 Å². The topological polar surface area (TPSA) is 46.2 Å². The molecule has 0 aromatic heterocycles. The van der Waals surface area contributed by atoms with Gasteiger partial charge in [0.05, 0.1) is 4.90 Å². The summed E-state index contributed by atoms with van der Waals surface area (Å²) in [5, 5.41) is 0. The third-order valence-electron chi connectivity index (χ3n) is 2.99. The van der Waals surface area contributed by atoms with E-state index in [0.29, 0.717) is 5.69 Å². The molecule has 0 saturated heterocycles. The molecular weight excluding hydrogens is 282 g/mol. The van der Waals surface area contributed by atoms with Gasteiger partial charge in [-0.15, -0.1) is 0 Å². The third-order valence-corrected chi connectivity index (χ3v) is 4.39. The Kier molecular flexibility index (Phi) is 4.37. The molecule has 2 aromatic carbocycles. The van der Waals surface area contributed by atoms with Crippen LogP contribution in [-0.2, 0) is 16.4 Å². The van der Waals surface area contributed by atoms with E-state index in [0.717, 1.165) is 12.0 Å². The lowest BCUT2D eigenvalue weighted by Crippen LogP contribution is -2.13. The van der Waals surface area contributed by atoms with Crippen molar-refractivity contribution in [1.82, 2.24) is 0 Å². The van der Waals surface area contributed by atoms with Gasteiger partial charge in [0.15, 0.2) is 0 Å². The fourth-order valence-electron chi connectivity index (χ4n) is 2.12. The quantitative estimate of drug-likeness (QED) is 0.925. The number of para-hydroxylation sites is 1. The van der Waals surface area contributed by atoms with Crippen LogP contribution in [0.15, 0.2) is 59.5 Å². The molecule has 0 saturated carbocycles. The first-order valence-electron chi connectivity index (χ1n) is 6.93. The SMILES string of the molecule is CC(C)(C)Cc1ccc(S(=O)(=O)Nc2ccccc2)cc1. The second-order valence-electron chi connectivity index (χ2n) is 6.35. The van der Waals surface area contributed by atoms with Gasteiger partial charge in [-0.3, -0.25) is 4.72 Å². The van der Waals surface area contributed by atoms with E-state index >= 15 is 0 Å². The predicted molar refractivity (Wildman–Crippen MR) is 86.9 cm³/mol. The Morgan fingerprint density at radius 1 is 0.905 bits per heavy atom. The summed E-state index contributed by atoms with van der Waals surface area (Å²) in [4.78, 5) is 0.281. The van der Waals surface area contributed by atoms with Crippen LogP contribution in [0.25, 0.3) is 0 Å². The zero-order valence-corrected chi connectivity index (χ0v) is 13.4. The molecule has 0 unspecified atom stereocenters. The van der Waals surface area contributed by atoms with Gasteiger partial charge in [-0.2, -0.15) is 0 Å². The van der Waals surface area contributed by atoms with Crippen molar-refractivity contribution in [3.8, 4) is 0 Å². The van der Waals surface area contributed by atoms with Gasteiger partial charge < -0.3 is 0 Å². The van der Waals surface area contributed by atoms with E-state index in [2.05, 4.69) is 25.5 Å². The summed E-state index contributed by atoms with van der Waals surface area (Å²) in [6.07, 6.45) is 0.916. The van der Waals surface area contributed by atoms with Gasteiger partial charge in [-0.05, 0) is 41.7 Å². The normalized spacial score (nSPS) is 12.1. The molecule has 0 aliphatic carbocycles. The molecule has 0 heterocycles. The second kappa shape index (κ2) is 5.90. The van der Waals surface area contributed by atoms with Crippen molar-refractivity contribution < 1.29 is 8.42 Å². The number of nitrogens with one attached hydrogen (secondary N) is 1. The molecular formula is C17H21NO2S. The first kappa shape index (κ1) is 15.6. The lowest BCUT2D eigenvalue weighted by Gasteiger charge is -2.18. The standard InChI is InChI=1S/C17H21NO2S/c1-17(2,3)13-14-9-11-16(12-10-14)21(19,20)18-15-7-5-4-6-8-15/h4-12,18H,13H2,1-3H3. The molecule has 0 fully saturated rings. The molecule has 0 bridgehead atoms. The molecule has 21 heavy (non-hydrogen) atoms.